The van der Waals surface area contributed by atoms with Crippen LogP contribution in [0.15, 0.2) is 39.9 Å². The second-order valence-electron chi connectivity index (χ2n) is 5.34. The molecule has 0 fully saturated rings. The van der Waals surface area contributed by atoms with Gasteiger partial charge in [-0.3, -0.25) is 4.79 Å². The van der Waals surface area contributed by atoms with Crippen LogP contribution < -0.4 is 10.9 Å². The van der Waals surface area contributed by atoms with E-state index in [1.165, 1.54) is 5.56 Å². The summed E-state index contributed by atoms with van der Waals surface area (Å²) in [6, 6.07) is 5.83. The molecule has 2 aromatic rings. The Hall–Kier alpha value is -1.97. The second kappa shape index (κ2) is 5.57. The first kappa shape index (κ1) is 13.0. The Morgan fingerprint density at radius 2 is 2.30 bits per heavy atom. The van der Waals surface area contributed by atoms with Crippen LogP contribution in [0.4, 0.5) is 5.69 Å². The number of furan rings is 1. The van der Waals surface area contributed by atoms with Crippen molar-refractivity contribution in [3.05, 3.63) is 52.3 Å². The van der Waals surface area contributed by atoms with E-state index in [9.17, 15) is 4.79 Å². The highest BCUT2D eigenvalue weighted by molar-refractivity contribution is 5.44. The standard InChI is InChI=1S/C16H20N2O2/c1-2-9-18-11-12(6-7-16(18)19)17-14-4-3-5-15-13(14)8-10-20-15/h6-8,10-11,14,17H,2-5,9H2,1H3. The lowest BCUT2D eigenvalue weighted by atomic mass is 9.93. The van der Waals surface area contributed by atoms with E-state index in [1.807, 2.05) is 18.3 Å². The van der Waals surface area contributed by atoms with E-state index in [-0.39, 0.29) is 11.6 Å². The van der Waals surface area contributed by atoms with Crippen molar-refractivity contribution in [2.24, 2.45) is 0 Å². The van der Waals surface area contributed by atoms with Gasteiger partial charge in [-0.05, 0) is 31.4 Å². The van der Waals surface area contributed by atoms with E-state index in [4.69, 9.17) is 4.42 Å². The van der Waals surface area contributed by atoms with Gasteiger partial charge in [-0.25, -0.2) is 0 Å². The third kappa shape index (κ3) is 2.50. The molecule has 1 aliphatic rings. The van der Waals surface area contributed by atoms with Crippen molar-refractivity contribution in [1.29, 1.82) is 0 Å². The minimum Gasteiger partial charge on any atom is -0.469 e. The Morgan fingerprint density at radius 1 is 1.40 bits per heavy atom. The molecular formula is C16H20N2O2. The summed E-state index contributed by atoms with van der Waals surface area (Å²) in [5.41, 5.74) is 2.31. The minimum absolute atomic E-state index is 0.0602. The van der Waals surface area contributed by atoms with Crippen molar-refractivity contribution < 1.29 is 4.42 Å². The van der Waals surface area contributed by atoms with Crippen LogP contribution in [-0.4, -0.2) is 4.57 Å². The Bertz CT molecular complexity index is 642. The van der Waals surface area contributed by atoms with Crippen molar-refractivity contribution in [1.82, 2.24) is 4.57 Å². The van der Waals surface area contributed by atoms with Crippen LogP contribution in [0.1, 0.15) is 43.6 Å². The first-order chi connectivity index (χ1) is 9.78. The Morgan fingerprint density at radius 3 is 3.15 bits per heavy atom. The van der Waals surface area contributed by atoms with Crippen LogP contribution in [0.2, 0.25) is 0 Å². The van der Waals surface area contributed by atoms with Gasteiger partial charge >= 0.3 is 0 Å². The average Bonchev–Trinajstić information content (AvgIpc) is 2.92. The average molecular weight is 272 g/mol. The Labute approximate surface area is 118 Å². The quantitative estimate of drug-likeness (QED) is 0.928. The number of pyridine rings is 1. The maximum atomic E-state index is 11.7. The molecule has 20 heavy (non-hydrogen) atoms. The second-order valence-corrected chi connectivity index (χ2v) is 5.34. The zero-order valence-corrected chi connectivity index (χ0v) is 11.8. The van der Waals surface area contributed by atoms with Crippen LogP contribution in [0.25, 0.3) is 0 Å². The van der Waals surface area contributed by atoms with Crippen LogP contribution >= 0.6 is 0 Å². The monoisotopic (exact) mass is 272 g/mol. The lowest BCUT2D eigenvalue weighted by Crippen LogP contribution is -2.21. The first-order valence-electron chi connectivity index (χ1n) is 7.31. The van der Waals surface area contributed by atoms with Crippen LogP contribution in [0, 0.1) is 0 Å². The zero-order chi connectivity index (χ0) is 13.9. The number of rotatable bonds is 4. The van der Waals surface area contributed by atoms with Crippen LogP contribution in [0.3, 0.4) is 0 Å². The first-order valence-corrected chi connectivity index (χ1v) is 7.31. The number of nitrogens with one attached hydrogen (secondary N) is 1. The summed E-state index contributed by atoms with van der Waals surface area (Å²) in [6.07, 6.45) is 7.89. The third-order valence-corrected chi connectivity index (χ3v) is 3.84. The van der Waals surface area contributed by atoms with E-state index in [0.29, 0.717) is 0 Å². The maximum absolute atomic E-state index is 11.7. The predicted molar refractivity (Wildman–Crippen MR) is 79.0 cm³/mol. The van der Waals surface area contributed by atoms with Gasteiger partial charge in [-0.15, -0.1) is 0 Å². The van der Waals surface area contributed by atoms with E-state index in [1.54, 1.807) is 16.9 Å². The van der Waals surface area contributed by atoms with Crippen LogP contribution in [0.5, 0.6) is 0 Å². The number of hydrogen-bond acceptors (Lipinski definition) is 3. The number of nitrogens with zero attached hydrogens (tertiary/aromatic N) is 1. The van der Waals surface area contributed by atoms with Gasteiger partial charge in [0.15, 0.2) is 0 Å². The molecule has 1 unspecified atom stereocenters. The molecule has 2 aromatic heterocycles. The molecule has 0 aliphatic heterocycles. The Kier molecular flexibility index (Phi) is 3.63. The molecule has 4 nitrogen and oxygen atoms in total. The molecule has 0 aromatic carbocycles. The van der Waals surface area contributed by atoms with Gasteiger partial charge in [0.05, 0.1) is 18.0 Å². The van der Waals surface area contributed by atoms with E-state index in [0.717, 1.165) is 43.7 Å². The smallest absolute Gasteiger partial charge is 0.250 e. The molecule has 106 valence electrons. The highest BCUT2D eigenvalue weighted by Crippen LogP contribution is 2.32. The summed E-state index contributed by atoms with van der Waals surface area (Å²) in [5, 5.41) is 3.53. The summed E-state index contributed by atoms with van der Waals surface area (Å²) < 4.78 is 7.28. The van der Waals surface area contributed by atoms with Crippen molar-refractivity contribution in [2.45, 2.75) is 45.2 Å². The summed E-state index contributed by atoms with van der Waals surface area (Å²) in [6.45, 7) is 2.83. The lowest BCUT2D eigenvalue weighted by molar-refractivity contribution is 0.461. The predicted octanol–water partition coefficient (Wildman–Crippen LogP) is 3.34. The molecule has 4 heteroatoms. The van der Waals surface area contributed by atoms with Gasteiger partial charge in [0.1, 0.15) is 5.76 Å². The largest absolute Gasteiger partial charge is 0.469 e. The number of aromatic nitrogens is 1. The molecule has 0 saturated heterocycles. The van der Waals surface area contributed by atoms with Gasteiger partial charge in [-0.2, -0.15) is 0 Å². The number of hydrogen-bond donors (Lipinski definition) is 1. The fraction of sp³-hybridized carbons (Fsp3) is 0.438. The topological polar surface area (TPSA) is 47.2 Å². The van der Waals surface area contributed by atoms with E-state index < -0.39 is 0 Å². The molecule has 1 N–H and O–H groups in total. The summed E-state index contributed by atoms with van der Waals surface area (Å²) >= 11 is 0. The molecular weight excluding hydrogens is 252 g/mol. The highest BCUT2D eigenvalue weighted by Gasteiger charge is 2.22. The highest BCUT2D eigenvalue weighted by atomic mass is 16.3. The molecule has 0 bridgehead atoms. The molecule has 1 atom stereocenters. The fourth-order valence-electron chi connectivity index (χ4n) is 2.87. The molecule has 2 heterocycles. The number of aryl methyl sites for hydroxylation is 2. The van der Waals surface area contributed by atoms with E-state index in [2.05, 4.69) is 12.2 Å². The van der Waals surface area contributed by atoms with Crippen molar-refractivity contribution in [3.63, 3.8) is 0 Å². The van der Waals surface area contributed by atoms with Crippen molar-refractivity contribution in [3.8, 4) is 0 Å². The molecule has 1 aliphatic carbocycles. The SMILES string of the molecule is CCCn1cc(NC2CCCc3occc32)ccc1=O. The van der Waals surface area contributed by atoms with Gasteiger partial charge in [0.25, 0.3) is 5.56 Å². The maximum Gasteiger partial charge on any atom is 0.250 e. The lowest BCUT2D eigenvalue weighted by Gasteiger charge is -2.24. The van der Waals surface area contributed by atoms with Gasteiger partial charge in [0, 0.05) is 30.8 Å². The molecule has 0 amide bonds. The fourth-order valence-corrected chi connectivity index (χ4v) is 2.87. The van der Waals surface area contributed by atoms with E-state index >= 15 is 0 Å². The van der Waals surface area contributed by atoms with Crippen molar-refractivity contribution in [2.75, 3.05) is 5.32 Å². The summed E-state index contributed by atoms with van der Waals surface area (Å²) in [5.74, 6) is 1.09. The van der Waals surface area contributed by atoms with Crippen molar-refractivity contribution >= 4 is 5.69 Å². The summed E-state index contributed by atoms with van der Waals surface area (Å²) in [4.78, 5) is 11.7. The number of anilines is 1. The normalized spacial score (nSPS) is 17.8. The van der Waals surface area contributed by atoms with Gasteiger partial charge in [0.2, 0.25) is 0 Å². The summed E-state index contributed by atoms with van der Waals surface area (Å²) in [7, 11) is 0. The van der Waals surface area contributed by atoms with Gasteiger partial charge in [-0.1, -0.05) is 6.92 Å². The molecule has 3 rings (SSSR count). The Balaban J connectivity index is 1.82. The van der Waals surface area contributed by atoms with Crippen LogP contribution in [-0.2, 0) is 13.0 Å². The zero-order valence-electron chi connectivity index (χ0n) is 11.8. The third-order valence-electron chi connectivity index (χ3n) is 3.84. The van der Waals surface area contributed by atoms with Gasteiger partial charge < -0.3 is 14.3 Å². The number of fused-ring (bicyclic) bond motifs is 1. The minimum atomic E-state index is 0.0602. The molecule has 0 saturated carbocycles. The molecule has 0 spiro atoms. The molecule has 0 radical (unpaired) electrons.